The average Bonchev–Trinajstić information content (AvgIpc) is 3.69. The van der Waals surface area contributed by atoms with Crippen LogP contribution >= 0.6 is 11.6 Å². The number of carbonyl (C=O) groups is 2. The molecule has 5 heterocycles. The normalized spacial score (nSPS) is 15.4. The van der Waals surface area contributed by atoms with Crippen LogP contribution in [0.2, 0.25) is 5.02 Å². The third kappa shape index (κ3) is 6.79. The van der Waals surface area contributed by atoms with Gasteiger partial charge in [-0.25, -0.2) is 18.4 Å². The minimum absolute atomic E-state index is 0.0251. The molecule has 2 N–H and O–H groups in total. The monoisotopic (exact) mass is 800 g/mol. The molecule has 16 nitrogen and oxygen atoms in total. The van der Waals surface area contributed by atoms with Crippen LogP contribution in [0.15, 0.2) is 47.5 Å². The number of alkyl halides is 3. The third-order valence-electron chi connectivity index (χ3n) is 9.56. The van der Waals surface area contributed by atoms with Crippen molar-refractivity contribution in [1.29, 1.82) is 0 Å². The topological polar surface area (TPSA) is 188 Å². The van der Waals surface area contributed by atoms with Crippen LogP contribution in [-0.2, 0) is 39.7 Å². The van der Waals surface area contributed by atoms with Crippen molar-refractivity contribution < 1.29 is 36.3 Å². The van der Waals surface area contributed by atoms with E-state index in [1.807, 2.05) is 0 Å². The molecule has 288 valence electrons. The lowest BCUT2D eigenvalue weighted by Crippen LogP contribution is -2.51. The number of nitrogens with zero attached hydrogens (tertiary/aromatic N) is 9. The van der Waals surface area contributed by atoms with Crippen molar-refractivity contribution in [3.63, 3.8) is 0 Å². The van der Waals surface area contributed by atoms with Crippen LogP contribution < -0.4 is 20.1 Å². The van der Waals surface area contributed by atoms with E-state index in [1.165, 1.54) is 27.1 Å². The van der Waals surface area contributed by atoms with Gasteiger partial charge in [-0.1, -0.05) is 18.5 Å². The molecule has 0 radical (unpaired) electrons. The van der Waals surface area contributed by atoms with Gasteiger partial charge in [-0.3, -0.25) is 18.7 Å². The number of rotatable bonds is 7. The number of aryl methyl sites for hydroxylation is 1. The number of hydrogen-bond acceptors (Lipinski definition) is 11. The molecule has 3 aromatic heterocycles. The van der Waals surface area contributed by atoms with Crippen LogP contribution in [-0.4, -0.2) is 92.6 Å². The maximum atomic E-state index is 14.4. The van der Waals surface area contributed by atoms with Crippen LogP contribution in [0.1, 0.15) is 39.9 Å². The summed E-state index contributed by atoms with van der Waals surface area (Å²) in [7, 11) is -2.11. The summed E-state index contributed by atoms with van der Waals surface area (Å²) >= 11 is 6.13. The molecule has 0 bridgehead atoms. The molecular weight excluding hydrogens is 769 g/mol. The molecule has 1 fully saturated rings. The zero-order valence-electron chi connectivity index (χ0n) is 29.4. The van der Waals surface area contributed by atoms with E-state index in [2.05, 4.69) is 25.4 Å². The Morgan fingerprint density at radius 3 is 2.45 bits per heavy atom. The van der Waals surface area contributed by atoms with Gasteiger partial charge in [0.1, 0.15) is 18.6 Å². The highest BCUT2D eigenvalue weighted by molar-refractivity contribution is 7.92. The molecule has 55 heavy (non-hydrogen) atoms. The van der Waals surface area contributed by atoms with Gasteiger partial charge in [0, 0.05) is 38.8 Å². The van der Waals surface area contributed by atoms with Gasteiger partial charge < -0.3 is 24.8 Å². The van der Waals surface area contributed by atoms with Crippen molar-refractivity contribution in [3.05, 3.63) is 86.3 Å². The second-order valence-corrected chi connectivity index (χ2v) is 15.3. The summed E-state index contributed by atoms with van der Waals surface area (Å²) in [6.07, 6.45) is -3.25. The summed E-state index contributed by atoms with van der Waals surface area (Å²) in [6, 6.07) is 7.38. The highest BCUT2D eigenvalue weighted by atomic mass is 35.5. The van der Waals surface area contributed by atoms with E-state index >= 15 is 0 Å². The van der Waals surface area contributed by atoms with Crippen LogP contribution in [0.3, 0.4) is 0 Å². The number of fused-ring (bicyclic) bond motifs is 2. The number of aromatic nitrogens is 6. The fraction of sp³-hybridized carbons (Fsp3) is 0.324. The summed E-state index contributed by atoms with van der Waals surface area (Å²) < 4.78 is 68.5. The molecule has 2 amide bonds. The number of benzene rings is 2. The number of carbonyl (C=O) groups excluding carboxylic acids is 2. The van der Waals surface area contributed by atoms with Crippen LogP contribution in [0, 0.1) is 6.92 Å². The number of halogens is 4. The van der Waals surface area contributed by atoms with Gasteiger partial charge in [0.15, 0.2) is 17.3 Å². The van der Waals surface area contributed by atoms with Crippen molar-refractivity contribution in [2.24, 2.45) is 0 Å². The fourth-order valence-corrected chi connectivity index (χ4v) is 8.20. The molecule has 1 saturated heterocycles. The van der Waals surface area contributed by atoms with E-state index in [0.29, 0.717) is 28.6 Å². The lowest BCUT2D eigenvalue weighted by Gasteiger charge is -2.36. The first kappa shape index (κ1) is 37.6. The van der Waals surface area contributed by atoms with Gasteiger partial charge in [-0.05, 0) is 55.3 Å². The summed E-state index contributed by atoms with van der Waals surface area (Å²) in [5.41, 5.74) is 0.441. The largest absolute Gasteiger partial charge is 0.504 e. The predicted molar refractivity (Wildman–Crippen MR) is 195 cm³/mol. The van der Waals surface area contributed by atoms with Gasteiger partial charge in [-0.15, -0.1) is 5.10 Å². The zero-order chi connectivity index (χ0) is 39.6. The number of piperazine rings is 1. The molecule has 5 aromatic rings. The van der Waals surface area contributed by atoms with Crippen molar-refractivity contribution in [1.82, 2.24) is 34.0 Å². The lowest BCUT2D eigenvalue weighted by atomic mass is 10.1. The van der Waals surface area contributed by atoms with Gasteiger partial charge in [0.25, 0.3) is 11.5 Å². The molecular formula is C34H32ClF3N10O6S. The van der Waals surface area contributed by atoms with Crippen LogP contribution in [0.5, 0.6) is 5.75 Å². The molecule has 0 saturated carbocycles. The van der Waals surface area contributed by atoms with Gasteiger partial charge in [0.05, 0.1) is 39.1 Å². The smallest absolute Gasteiger partial charge is 0.416 e. The summed E-state index contributed by atoms with van der Waals surface area (Å²) in [4.78, 5) is 57.0. The Bertz CT molecular complexity index is 2570. The summed E-state index contributed by atoms with van der Waals surface area (Å²) in [5, 5.41) is 17.1. The van der Waals surface area contributed by atoms with E-state index in [0.717, 1.165) is 16.6 Å². The predicted octanol–water partition coefficient (Wildman–Crippen LogP) is 3.48. The average molecular weight is 801 g/mol. The maximum absolute atomic E-state index is 14.4. The summed E-state index contributed by atoms with van der Waals surface area (Å²) in [5.74, 6) is -1.73. The van der Waals surface area contributed by atoms with Crippen LogP contribution in [0.4, 0.5) is 30.2 Å². The first-order valence-corrected chi connectivity index (χ1v) is 18.8. The molecule has 2 aliphatic heterocycles. The number of nitrogens with one attached hydrogen (secondary N) is 1. The Balaban J connectivity index is 1.27. The van der Waals surface area contributed by atoms with Crippen LogP contribution in [0.25, 0.3) is 17.2 Å². The summed E-state index contributed by atoms with van der Waals surface area (Å²) in [6.45, 7) is 3.48. The molecule has 0 spiro atoms. The molecule has 2 aromatic carbocycles. The van der Waals surface area contributed by atoms with E-state index in [-0.39, 0.29) is 83.5 Å². The standard InChI is InChI=1S/C34H32ClF3N10O6S/c1-4-24-28(45-9-11-46(12-10-45)31(51)27-29(50)18(2)39-17-40-27)32(52)48-33(42-30(43-48)19-5-8-25-20(13-19)16-55(53,54)44(25)3)47(24)15-26(49)41-23-7-6-21(14-22(23)35)34(36,37)38/h5-8,13-14,17,50H,4,9-12,15-16H2,1-3H3,(H,41,49). The first-order chi connectivity index (χ1) is 26.0. The second-order valence-electron chi connectivity index (χ2n) is 12.9. The Labute approximate surface area is 315 Å². The minimum atomic E-state index is -4.65. The van der Waals surface area contributed by atoms with Crippen molar-refractivity contribution in [2.45, 2.75) is 38.7 Å². The minimum Gasteiger partial charge on any atom is -0.504 e. The number of hydrogen-bond donors (Lipinski definition) is 2. The third-order valence-corrected chi connectivity index (χ3v) is 11.6. The number of anilines is 3. The Morgan fingerprint density at radius 2 is 1.78 bits per heavy atom. The fourth-order valence-electron chi connectivity index (χ4n) is 6.67. The molecule has 2 aliphatic rings. The first-order valence-electron chi connectivity index (χ1n) is 16.8. The van der Waals surface area contributed by atoms with E-state index in [4.69, 9.17) is 11.6 Å². The van der Waals surface area contributed by atoms with E-state index < -0.39 is 45.7 Å². The lowest BCUT2D eigenvalue weighted by molar-refractivity contribution is -0.137. The van der Waals surface area contributed by atoms with Gasteiger partial charge >= 0.3 is 6.18 Å². The quantitative estimate of drug-likeness (QED) is 0.245. The van der Waals surface area contributed by atoms with E-state index in [9.17, 15) is 41.1 Å². The highest BCUT2D eigenvalue weighted by Crippen LogP contribution is 2.36. The Kier molecular flexibility index (Phi) is 9.44. The zero-order valence-corrected chi connectivity index (χ0v) is 31.0. The number of sulfonamides is 1. The van der Waals surface area contributed by atoms with Crippen molar-refractivity contribution >= 4 is 56.3 Å². The molecule has 7 rings (SSSR count). The maximum Gasteiger partial charge on any atom is 0.416 e. The van der Waals surface area contributed by atoms with E-state index in [1.54, 1.807) is 36.9 Å². The van der Waals surface area contributed by atoms with Gasteiger partial charge in [-0.2, -0.15) is 22.7 Å². The second kappa shape index (κ2) is 13.8. The molecule has 0 unspecified atom stereocenters. The SMILES string of the molecule is CCc1c(N2CCN(C(=O)c3ncnc(C)c3O)CC2)c(=O)n2nc(-c3ccc4c(c3)CS(=O)(=O)N4C)nc2n1CC(=O)Nc1ccc(C(F)(F)F)cc1Cl. The molecule has 21 heteroatoms. The Morgan fingerprint density at radius 1 is 1.05 bits per heavy atom. The molecule has 0 atom stereocenters. The molecule has 0 aliphatic carbocycles. The highest BCUT2D eigenvalue weighted by Gasteiger charge is 2.34. The number of aromatic hydroxyl groups is 1. The van der Waals surface area contributed by atoms with Crippen molar-refractivity contribution in [2.75, 3.05) is 47.7 Å². The van der Waals surface area contributed by atoms with Crippen molar-refractivity contribution in [3.8, 4) is 17.1 Å². The Hall–Kier alpha value is -5.76. The van der Waals surface area contributed by atoms with Gasteiger partial charge in [0.2, 0.25) is 21.7 Å². The number of amides is 2.